The lowest BCUT2D eigenvalue weighted by molar-refractivity contribution is 0.0746. The summed E-state index contributed by atoms with van der Waals surface area (Å²) in [6.45, 7) is 4.59. The number of carbonyl (C=O) groups is 1. The van der Waals surface area contributed by atoms with Crippen LogP contribution in [0.15, 0.2) is 47.5 Å². The van der Waals surface area contributed by atoms with Crippen molar-refractivity contribution in [1.29, 1.82) is 0 Å². The molecule has 3 heterocycles. The number of hydrogen-bond donors (Lipinski definition) is 1. The van der Waals surface area contributed by atoms with E-state index in [4.69, 9.17) is 0 Å². The van der Waals surface area contributed by atoms with Gasteiger partial charge in [-0.1, -0.05) is 18.3 Å². The lowest BCUT2D eigenvalue weighted by Crippen LogP contribution is -2.48. The van der Waals surface area contributed by atoms with Crippen LogP contribution in [-0.2, 0) is 10.0 Å². The van der Waals surface area contributed by atoms with E-state index in [0.29, 0.717) is 38.3 Å². The molecule has 0 aliphatic carbocycles. The fraction of sp³-hybridized carbons (Fsp3) is 0.316. The van der Waals surface area contributed by atoms with Gasteiger partial charge in [0.15, 0.2) is 5.13 Å². The first-order valence-electron chi connectivity index (χ1n) is 9.33. The van der Waals surface area contributed by atoms with Crippen LogP contribution >= 0.6 is 11.3 Å². The molecule has 152 valence electrons. The summed E-state index contributed by atoms with van der Waals surface area (Å²) in [6.07, 6.45) is 1.76. The smallest absolute Gasteiger partial charge is 0.253 e. The zero-order chi connectivity index (χ0) is 20.4. The van der Waals surface area contributed by atoms with E-state index in [-0.39, 0.29) is 10.8 Å². The predicted octanol–water partition coefficient (Wildman–Crippen LogP) is 1.95. The van der Waals surface area contributed by atoms with Crippen molar-refractivity contribution in [3.63, 3.8) is 0 Å². The molecular weight excluding hydrogens is 410 g/mol. The van der Waals surface area contributed by atoms with Gasteiger partial charge in [0.05, 0.1) is 4.90 Å². The number of nitrogens with zero attached hydrogens (tertiary/aromatic N) is 4. The summed E-state index contributed by atoms with van der Waals surface area (Å²) < 4.78 is 26.5. The highest BCUT2D eigenvalue weighted by atomic mass is 32.2. The Morgan fingerprint density at radius 3 is 2.52 bits per heavy atom. The van der Waals surface area contributed by atoms with Crippen LogP contribution in [-0.4, -0.2) is 61.9 Å². The maximum Gasteiger partial charge on any atom is 0.253 e. The Labute approximate surface area is 173 Å². The largest absolute Gasteiger partial charge is 0.344 e. The Balaban J connectivity index is 1.41. The van der Waals surface area contributed by atoms with Gasteiger partial charge in [0.2, 0.25) is 10.0 Å². The maximum atomic E-state index is 12.8. The highest BCUT2D eigenvalue weighted by Crippen LogP contribution is 2.27. The zero-order valence-corrected chi connectivity index (χ0v) is 17.5. The van der Waals surface area contributed by atoms with Crippen molar-refractivity contribution in [2.75, 3.05) is 37.6 Å². The lowest BCUT2D eigenvalue weighted by atomic mass is 10.2. The summed E-state index contributed by atoms with van der Waals surface area (Å²) >= 11 is 1.56. The Bertz CT molecular complexity index is 1090. The summed E-state index contributed by atoms with van der Waals surface area (Å²) in [6, 6.07) is 9.89. The molecule has 4 rings (SSSR count). The minimum absolute atomic E-state index is 0.0944. The molecule has 29 heavy (non-hydrogen) atoms. The van der Waals surface area contributed by atoms with E-state index in [1.165, 1.54) is 12.1 Å². The molecule has 1 saturated heterocycles. The highest BCUT2D eigenvalue weighted by Gasteiger charge is 2.24. The highest BCUT2D eigenvalue weighted by molar-refractivity contribution is 7.89. The third kappa shape index (κ3) is 4.09. The maximum absolute atomic E-state index is 12.8. The molecule has 0 atom stereocenters. The number of hydrogen-bond acceptors (Lipinski definition) is 7. The van der Waals surface area contributed by atoms with E-state index < -0.39 is 10.0 Å². The second-order valence-corrected chi connectivity index (χ2v) is 9.35. The van der Waals surface area contributed by atoms with Gasteiger partial charge < -0.3 is 9.80 Å². The molecule has 1 aromatic carbocycles. The van der Waals surface area contributed by atoms with E-state index >= 15 is 0 Å². The minimum Gasteiger partial charge on any atom is -0.344 e. The van der Waals surface area contributed by atoms with Crippen LogP contribution < -0.4 is 9.62 Å². The van der Waals surface area contributed by atoms with Crippen LogP contribution in [0.25, 0.3) is 10.3 Å². The van der Waals surface area contributed by atoms with Gasteiger partial charge in [-0.05, 0) is 36.4 Å². The van der Waals surface area contributed by atoms with Crippen molar-refractivity contribution in [3.8, 4) is 0 Å². The molecule has 0 bridgehead atoms. The monoisotopic (exact) mass is 431 g/mol. The molecule has 0 saturated carbocycles. The van der Waals surface area contributed by atoms with Crippen LogP contribution in [0.4, 0.5) is 5.13 Å². The molecule has 10 heteroatoms. The van der Waals surface area contributed by atoms with E-state index in [0.717, 1.165) is 15.5 Å². The summed E-state index contributed by atoms with van der Waals surface area (Å²) in [5, 5.41) is 0.920. The number of piperazine rings is 1. The topological polar surface area (TPSA) is 95.5 Å². The van der Waals surface area contributed by atoms with Crippen molar-refractivity contribution in [2.24, 2.45) is 0 Å². The molecular formula is C19H21N5O3S2. The predicted molar refractivity (Wildman–Crippen MR) is 113 cm³/mol. The van der Waals surface area contributed by atoms with Crippen LogP contribution in [0.1, 0.15) is 17.3 Å². The van der Waals surface area contributed by atoms with E-state index in [1.807, 2.05) is 12.1 Å². The van der Waals surface area contributed by atoms with E-state index in [1.54, 1.807) is 41.5 Å². The molecule has 2 aromatic heterocycles. The van der Waals surface area contributed by atoms with Crippen LogP contribution in [0.2, 0.25) is 0 Å². The van der Waals surface area contributed by atoms with Crippen molar-refractivity contribution in [2.45, 2.75) is 11.8 Å². The number of fused-ring (bicyclic) bond motifs is 1. The van der Waals surface area contributed by atoms with Gasteiger partial charge in [0.25, 0.3) is 5.91 Å². The summed E-state index contributed by atoms with van der Waals surface area (Å²) in [5.74, 6) is -0.0944. The fourth-order valence-electron chi connectivity index (χ4n) is 3.23. The molecule has 1 fully saturated rings. The number of pyridine rings is 1. The standard InChI is InChI=1S/C19H21N5O3S2/c1-2-21-29(26,27)15-7-5-14(6-8-15)18(25)23-10-12-24(13-11-23)19-22-16-4-3-9-20-17(16)28-19/h3-9,21H,2,10-13H2,1H3. The number of anilines is 1. The Morgan fingerprint density at radius 2 is 1.86 bits per heavy atom. The van der Waals surface area contributed by atoms with Crippen LogP contribution in [0, 0.1) is 0 Å². The van der Waals surface area contributed by atoms with Gasteiger partial charge >= 0.3 is 0 Å². The number of benzene rings is 1. The quantitative estimate of drug-likeness (QED) is 0.663. The summed E-state index contributed by atoms with van der Waals surface area (Å²) in [7, 11) is -3.52. The van der Waals surface area contributed by atoms with Crippen molar-refractivity contribution < 1.29 is 13.2 Å². The van der Waals surface area contributed by atoms with Gasteiger partial charge in [-0.2, -0.15) is 0 Å². The Hall–Kier alpha value is -2.56. The van der Waals surface area contributed by atoms with Gasteiger partial charge in [0.1, 0.15) is 10.3 Å². The summed E-state index contributed by atoms with van der Waals surface area (Å²) in [4.78, 5) is 26.8. The van der Waals surface area contributed by atoms with E-state index in [9.17, 15) is 13.2 Å². The van der Waals surface area contributed by atoms with Gasteiger partial charge in [0, 0.05) is 44.5 Å². The molecule has 3 aromatic rings. The number of carbonyl (C=O) groups excluding carboxylic acids is 1. The average Bonchev–Trinajstić information content (AvgIpc) is 3.18. The van der Waals surface area contributed by atoms with Crippen LogP contribution in [0.5, 0.6) is 0 Å². The Kier molecular flexibility index (Phi) is 5.48. The minimum atomic E-state index is -3.52. The molecule has 1 amide bonds. The first-order chi connectivity index (χ1) is 14.0. The molecule has 1 N–H and O–H groups in total. The lowest BCUT2D eigenvalue weighted by Gasteiger charge is -2.34. The zero-order valence-electron chi connectivity index (χ0n) is 15.9. The number of rotatable bonds is 5. The number of sulfonamides is 1. The van der Waals surface area contributed by atoms with Gasteiger partial charge in [-0.25, -0.2) is 23.1 Å². The average molecular weight is 432 g/mol. The van der Waals surface area contributed by atoms with Crippen LogP contribution in [0.3, 0.4) is 0 Å². The normalized spacial score (nSPS) is 15.1. The molecule has 8 nitrogen and oxygen atoms in total. The Morgan fingerprint density at radius 1 is 1.14 bits per heavy atom. The number of amides is 1. The number of aromatic nitrogens is 2. The molecule has 1 aliphatic heterocycles. The molecule has 0 radical (unpaired) electrons. The fourth-order valence-corrected chi connectivity index (χ4v) is 5.23. The first-order valence-corrected chi connectivity index (χ1v) is 11.6. The van der Waals surface area contributed by atoms with E-state index in [2.05, 4.69) is 19.6 Å². The van der Waals surface area contributed by atoms with Crippen molar-refractivity contribution in [3.05, 3.63) is 48.2 Å². The second-order valence-electron chi connectivity index (χ2n) is 6.63. The summed E-state index contributed by atoms with van der Waals surface area (Å²) in [5.41, 5.74) is 1.37. The number of nitrogens with one attached hydrogen (secondary N) is 1. The van der Waals surface area contributed by atoms with Crippen molar-refractivity contribution >= 4 is 42.7 Å². The SMILES string of the molecule is CCNS(=O)(=O)c1ccc(C(=O)N2CCN(c3nc4cccnc4s3)CC2)cc1. The molecule has 1 aliphatic rings. The van der Waals surface area contributed by atoms with Gasteiger partial charge in [-0.15, -0.1) is 0 Å². The van der Waals surface area contributed by atoms with Crippen molar-refractivity contribution in [1.82, 2.24) is 19.6 Å². The first kappa shape index (κ1) is 19.7. The second kappa shape index (κ2) is 8.05. The third-order valence-electron chi connectivity index (χ3n) is 4.74. The molecule has 0 spiro atoms. The molecule has 0 unspecified atom stereocenters. The van der Waals surface area contributed by atoms with Gasteiger partial charge in [-0.3, -0.25) is 4.79 Å². The number of thiazole rings is 1. The third-order valence-corrected chi connectivity index (χ3v) is 7.34.